The number of rotatable bonds is 2. The second-order valence-corrected chi connectivity index (χ2v) is 3.24. The molecule has 1 heterocycles. The first-order valence-corrected chi connectivity index (χ1v) is 4.65. The molecule has 0 radical (unpaired) electrons. The van der Waals surface area contributed by atoms with Crippen molar-refractivity contribution in [3.63, 3.8) is 0 Å². The maximum absolute atomic E-state index is 10.6. The van der Waals surface area contributed by atoms with Gasteiger partial charge < -0.3 is 20.4 Å². The first-order valence-electron chi connectivity index (χ1n) is 4.65. The van der Waals surface area contributed by atoms with Crippen LogP contribution >= 0.6 is 0 Å². The number of alkyl halides is 3. The average molecular weight is 258 g/mol. The van der Waals surface area contributed by atoms with Crippen LogP contribution < -0.4 is 5.32 Å². The number of aliphatic hydroxyl groups excluding tert-OH is 1. The van der Waals surface area contributed by atoms with Gasteiger partial charge in [-0.1, -0.05) is 0 Å². The van der Waals surface area contributed by atoms with Crippen LogP contribution in [0.25, 0.3) is 0 Å². The zero-order valence-corrected chi connectivity index (χ0v) is 8.78. The van der Waals surface area contributed by atoms with E-state index in [0.29, 0.717) is 6.54 Å². The Labute approximate surface area is 95.0 Å². The van der Waals surface area contributed by atoms with Crippen LogP contribution in [0.15, 0.2) is 0 Å². The third kappa shape index (κ3) is 6.74. The predicted octanol–water partition coefficient (Wildman–Crippen LogP) is -0.958. The van der Waals surface area contributed by atoms with Gasteiger partial charge in [0.05, 0.1) is 6.61 Å². The van der Waals surface area contributed by atoms with E-state index in [2.05, 4.69) is 5.32 Å². The summed E-state index contributed by atoms with van der Waals surface area (Å²) in [5.41, 5.74) is 0. The highest BCUT2D eigenvalue weighted by Crippen LogP contribution is 2.13. The van der Waals surface area contributed by atoms with Gasteiger partial charge in [0.1, 0.15) is 0 Å². The third-order valence-electron chi connectivity index (χ3n) is 1.90. The maximum atomic E-state index is 10.6. The van der Waals surface area contributed by atoms with Crippen molar-refractivity contribution in [2.45, 2.75) is 12.2 Å². The maximum Gasteiger partial charge on any atom is 0.490 e. The molecule has 1 amide bonds. The molecule has 1 saturated heterocycles. The minimum absolute atomic E-state index is 0.0685. The molecule has 1 fully saturated rings. The van der Waals surface area contributed by atoms with Crippen LogP contribution in [0.5, 0.6) is 0 Å². The summed E-state index contributed by atoms with van der Waals surface area (Å²) in [6.45, 7) is 2.26. The molecule has 6 nitrogen and oxygen atoms in total. The number of halogens is 3. The molecule has 0 saturated carbocycles. The van der Waals surface area contributed by atoms with Crippen LogP contribution in [-0.2, 0) is 9.59 Å². The SMILES string of the molecule is O=C(O)C(F)(F)F.O=CN1CCNC(CO)C1. The van der Waals surface area contributed by atoms with Gasteiger partial charge in [0.2, 0.25) is 6.41 Å². The lowest BCUT2D eigenvalue weighted by molar-refractivity contribution is -0.192. The highest BCUT2D eigenvalue weighted by atomic mass is 19.4. The van der Waals surface area contributed by atoms with E-state index in [0.717, 1.165) is 19.5 Å². The van der Waals surface area contributed by atoms with Crippen LogP contribution in [0.2, 0.25) is 0 Å². The Balaban J connectivity index is 0.000000325. The lowest BCUT2D eigenvalue weighted by Crippen LogP contribution is -2.51. The molecule has 0 aliphatic carbocycles. The Morgan fingerprint density at radius 2 is 2.06 bits per heavy atom. The molecule has 17 heavy (non-hydrogen) atoms. The Morgan fingerprint density at radius 1 is 1.53 bits per heavy atom. The number of carbonyl (C=O) groups is 2. The summed E-state index contributed by atoms with van der Waals surface area (Å²) in [6, 6.07) is 0.0685. The molecule has 9 heteroatoms. The van der Waals surface area contributed by atoms with Crippen molar-refractivity contribution in [3.05, 3.63) is 0 Å². The van der Waals surface area contributed by atoms with E-state index in [1.54, 1.807) is 4.90 Å². The van der Waals surface area contributed by atoms with Crippen molar-refractivity contribution in [1.82, 2.24) is 10.2 Å². The van der Waals surface area contributed by atoms with Gasteiger partial charge in [0.15, 0.2) is 0 Å². The van der Waals surface area contributed by atoms with Crippen molar-refractivity contribution in [1.29, 1.82) is 0 Å². The number of hydrogen-bond donors (Lipinski definition) is 3. The van der Waals surface area contributed by atoms with Gasteiger partial charge in [0, 0.05) is 25.7 Å². The third-order valence-corrected chi connectivity index (χ3v) is 1.90. The number of nitrogens with one attached hydrogen (secondary N) is 1. The number of carbonyl (C=O) groups excluding carboxylic acids is 1. The van der Waals surface area contributed by atoms with Gasteiger partial charge in [-0.25, -0.2) is 4.79 Å². The summed E-state index contributed by atoms with van der Waals surface area (Å²) in [5.74, 6) is -2.76. The number of hydrogen-bond acceptors (Lipinski definition) is 4. The topological polar surface area (TPSA) is 89.9 Å². The molecular formula is C8H13F3N2O4. The Bertz CT molecular complexity index is 260. The molecule has 3 N–H and O–H groups in total. The zero-order valence-electron chi connectivity index (χ0n) is 8.78. The van der Waals surface area contributed by atoms with Crippen LogP contribution in [0, 0.1) is 0 Å². The molecule has 0 bridgehead atoms. The lowest BCUT2D eigenvalue weighted by Gasteiger charge is -2.29. The summed E-state index contributed by atoms with van der Waals surface area (Å²) in [4.78, 5) is 20.8. The normalized spacial score (nSPS) is 20.2. The molecule has 1 aliphatic heterocycles. The van der Waals surface area contributed by atoms with Crippen molar-refractivity contribution in [2.24, 2.45) is 0 Å². The van der Waals surface area contributed by atoms with Gasteiger partial charge in [-0.05, 0) is 0 Å². The molecule has 0 aromatic rings. The van der Waals surface area contributed by atoms with Crippen molar-refractivity contribution in [2.75, 3.05) is 26.2 Å². The fourth-order valence-electron chi connectivity index (χ4n) is 1.07. The molecule has 0 aromatic carbocycles. The number of aliphatic carboxylic acids is 1. The largest absolute Gasteiger partial charge is 0.490 e. The minimum atomic E-state index is -5.08. The summed E-state index contributed by atoms with van der Waals surface area (Å²) in [6.07, 6.45) is -4.26. The van der Waals surface area contributed by atoms with E-state index in [1.807, 2.05) is 0 Å². The van der Waals surface area contributed by atoms with Crippen molar-refractivity contribution in [3.8, 4) is 0 Å². The van der Waals surface area contributed by atoms with Crippen molar-refractivity contribution < 1.29 is 33.0 Å². The second-order valence-electron chi connectivity index (χ2n) is 3.24. The van der Waals surface area contributed by atoms with Gasteiger partial charge in [-0.15, -0.1) is 0 Å². The minimum Gasteiger partial charge on any atom is -0.475 e. The quantitative estimate of drug-likeness (QED) is 0.555. The van der Waals surface area contributed by atoms with Gasteiger partial charge in [-0.2, -0.15) is 13.2 Å². The Morgan fingerprint density at radius 3 is 2.41 bits per heavy atom. The standard InChI is InChI=1S/C6H12N2O2.C2HF3O2/c9-4-6-3-8(5-10)2-1-7-6;3-2(4,5)1(6)7/h5-7,9H,1-4H2;(H,6,7). The Kier molecular flexibility index (Phi) is 6.51. The van der Waals surface area contributed by atoms with Crippen LogP contribution in [0.4, 0.5) is 13.2 Å². The van der Waals surface area contributed by atoms with Crippen molar-refractivity contribution >= 4 is 12.4 Å². The number of piperazine rings is 1. The first-order chi connectivity index (χ1) is 7.81. The molecular weight excluding hydrogens is 245 g/mol. The number of amides is 1. The van der Waals surface area contributed by atoms with E-state index < -0.39 is 12.1 Å². The van der Waals surface area contributed by atoms with Crippen LogP contribution in [0.1, 0.15) is 0 Å². The van der Waals surface area contributed by atoms with Crippen LogP contribution in [0.3, 0.4) is 0 Å². The predicted molar refractivity (Wildman–Crippen MR) is 50.2 cm³/mol. The number of carboxylic acids is 1. The number of carboxylic acid groups (broad SMARTS) is 1. The van der Waals surface area contributed by atoms with Crippen LogP contribution in [-0.4, -0.2) is 66.0 Å². The molecule has 100 valence electrons. The molecule has 1 rings (SSSR count). The summed E-state index contributed by atoms with van der Waals surface area (Å²) in [5, 5.41) is 18.9. The lowest BCUT2D eigenvalue weighted by atomic mass is 10.2. The Hall–Kier alpha value is -1.35. The molecule has 1 unspecified atom stereocenters. The second kappa shape index (κ2) is 7.07. The van der Waals surface area contributed by atoms with E-state index in [-0.39, 0.29) is 12.6 Å². The van der Waals surface area contributed by atoms with Gasteiger partial charge in [-0.3, -0.25) is 4.79 Å². The monoisotopic (exact) mass is 258 g/mol. The van der Waals surface area contributed by atoms with Gasteiger partial charge >= 0.3 is 12.1 Å². The highest BCUT2D eigenvalue weighted by molar-refractivity contribution is 5.73. The van der Waals surface area contributed by atoms with E-state index in [1.165, 1.54) is 0 Å². The molecule has 1 aliphatic rings. The first kappa shape index (κ1) is 15.7. The number of nitrogens with zero attached hydrogens (tertiary/aromatic N) is 1. The molecule has 0 spiro atoms. The van der Waals surface area contributed by atoms with Gasteiger partial charge in [0.25, 0.3) is 0 Å². The summed E-state index contributed by atoms with van der Waals surface area (Å²) >= 11 is 0. The molecule has 0 aromatic heterocycles. The summed E-state index contributed by atoms with van der Waals surface area (Å²) < 4.78 is 31.7. The van der Waals surface area contributed by atoms with E-state index >= 15 is 0 Å². The average Bonchev–Trinajstić information content (AvgIpc) is 2.28. The molecule has 1 atom stereocenters. The fraction of sp³-hybridized carbons (Fsp3) is 0.750. The fourth-order valence-corrected chi connectivity index (χ4v) is 1.07. The highest BCUT2D eigenvalue weighted by Gasteiger charge is 2.38. The van der Waals surface area contributed by atoms with E-state index in [4.69, 9.17) is 15.0 Å². The summed E-state index contributed by atoms with van der Waals surface area (Å²) in [7, 11) is 0. The smallest absolute Gasteiger partial charge is 0.475 e. The zero-order chi connectivity index (χ0) is 13.5. The van der Waals surface area contributed by atoms with E-state index in [9.17, 15) is 18.0 Å². The number of aliphatic hydroxyl groups is 1.